The molecular formula is C13H19F3N2. The standard InChI is InChI=1S/C13H19F3N2/c1-2-4-10-5-3-6-11(9-10)12(18-17)7-8-13(14,15)16/h3,5-6,9,12,18H,2,4,7-8,17H2,1H3. The number of hydrogen-bond acceptors (Lipinski definition) is 2. The van der Waals surface area contributed by atoms with Crippen LogP contribution in [0.2, 0.25) is 0 Å². The lowest BCUT2D eigenvalue weighted by Gasteiger charge is -2.18. The minimum Gasteiger partial charge on any atom is -0.271 e. The van der Waals surface area contributed by atoms with Crippen LogP contribution in [0.4, 0.5) is 13.2 Å². The fourth-order valence-electron chi connectivity index (χ4n) is 1.91. The fraction of sp³-hybridized carbons (Fsp3) is 0.538. The minimum absolute atomic E-state index is 0.0461. The van der Waals surface area contributed by atoms with Gasteiger partial charge in [-0.15, -0.1) is 0 Å². The molecule has 1 aromatic rings. The summed E-state index contributed by atoms with van der Waals surface area (Å²) < 4.78 is 36.6. The SMILES string of the molecule is CCCc1cccc(C(CCC(F)(F)F)NN)c1. The number of hydrogen-bond donors (Lipinski definition) is 2. The Balaban J connectivity index is 2.72. The van der Waals surface area contributed by atoms with Gasteiger partial charge in [0.2, 0.25) is 0 Å². The van der Waals surface area contributed by atoms with Gasteiger partial charge in [0.1, 0.15) is 0 Å². The Morgan fingerprint density at radius 2 is 2.06 bits per heavy atom. The molecule has 3 N–H and O–H groups in total. The van der Waals surface area contributed by atoms with E-state index in [1.54, 1.807) is 6.07 Å². The van der Waals surface area contributed by atoms with Crippen molar-refractivity contribution >= 4 is 0 Å². The van der Waals surface area contributed by atoms with Gasteiger partial charge >= 0.3 is 6.18 Å². The zero-order valence-electron chi connectivity index (χ0n) is 10.4. The highest BCUT2D eigenvalue weighted by atomic mass is 19.4. The number of rotatable bonds is 6. The molecule has 0 fully saturated rings. The predicted octanol–water partition coefficient (Wildman–Crippen LogP) is 3.49. The van der Waals surface area contributed by atoms with Crippen molar-refractivity contribution in [3.8, 4) is 0 Å². The molecule has 1 unspecified atom stereocenters. The highest BCUT2D eigenvalue weighted by molar-refractivity contribution is 5.26. The summed E-state index contributed by atoms with van der Waals surface area (Å²) in [5, 5.41) is 0. The third kappa shape index (κ3) is 5.06. The van der Waals surface area contributed by atoms with E-state index in [1.807, 2.05) is 18.2 Å². The first kappa shape index (κ1) is 15.0. The van der Waals surface area contributed by atoms with Gasteiger partial charge in [0, 0.05) is 12.5 Å². The van der Waals surface area contributed by atoms with Gasteiger partial charge in [-0.1, -0.05) is 37.6 Å². The van der Waals surface area contributed by atoms with Crippen LogP contribution in [0.15, 0.2) is 24.3 Å². The van der Waals surface area contributed by atoms with Gasteiger partial charge in [-0.2, -0.15) is 13.2 Å². The first-order valence-corrected chi connectivity index (χ1v) is 6.08. The molecule has 0 aliphatic heterocycles. The molecule has 1 aromatic carbocycles. The molecule has 0 spiro atoms. The van der Waals surface area contributed by atoms with Crippen LogP contribution < -0.4 is 11.3 Å². The molecule has 5 heteroatoms. The number of aryl methyl sites for hydroxylation is 1. The molecule has 0 bridgehead atoms. The molecule has 1 atom stereocenters. The molecule has 0 saturated carbocycles. The number of alkyl halides is 3. The maximum atomic E-state index is 12.2. The average molecular weight is 260 g/mol. The largest absolute Gasteiger partial charge is 0.389 e. The molecule has 0 heterocycles. The molecule has 18 heavy (non-hydrogen) atoms. The Labute approximate surface area is 105 Å². The van der Waals surface area contributed by atoms with E-state index in [-0.39, 0.29) is 6.42 Å². The van der Waals surface area contributed by atoms with E-state index < -0.39 is 18.6 Å². The minimum atomic E-state index is -4.14. The van der Waals surface area contributed by atoms with Gasteiger partial charge in [-0.3, -0.25) is 11.3 Å². The summed E-state index contributed by atoms with van der Waals surface area (Å²) in [6.45, 7) is 2.06. The first-order chi connectivity index (χ1) is 8.46. The molecule has 102 valence electrons. The second kappa shape index (κ2) is 6.75. The Hall–Kier alpha value is -1.07. The van der Waals surface area contributed by atoms with Crippen molar-refractivity contribution in [1.82, 2.24) is 5.43 Å². The van der Waals surface area contributed by atoms with Crippen molar-refractivity contribution in [1.29, 1.82) is 0 Å². The average Bonchev–Trinajstić information content (AvgIpc) is 2.29. The summed E-state index contributed by atoms with van der Waals surface area (Å²) in [6.07, 6.45) is -3.09. The Bertz CT molecular complexity index is 363. The Morgan fingerprint density at radius 1 is 1.33 bits per heavy atom. The molecular weight excluding hydrogens is 241 g/mol. The lowest BCUT2D eigenvalue weighted by Crippen LogP contribution is -2.29. The van der Waals surface area contributed by atoms with E-state index in [9.17, 15) is 13.2 Å². The number of halogens is 3. The maximum Gasteiger partial charge on any atom is 0.389 e. The van der Waals surface area contributed by atoms with Gasteiger partial charge < -0.3 is 0 Å². The lowest BCUT2D eigenvalue weighted by molar-refractivity contribution is -0.136. The van der Waals surface area contributed by atoms with Gasteiger partial charge in [-0.05, 0) is 24.0 Å². The van der Waals surface area contributed by atoms with Gasteiger partial charge in [0.25, 0.3) is 0 Å². The summed E-state index contributed by atoms with van der Waals surface area (Å²) >= 11 is 0. The fourth-order valence-corrected chi connectivity index (χ4v) is 1.91. The first-order valence-electron chi connectivity index (χ1n) is 6.08. The predicted molar refractivity (Wildman–Crippen MR) is 65.8 cm³/mol. The molecule has 2 nitrogen and oxygen atoms in total. The van der Waals surface area contributed by atoms with Gasteiger partial charge in [0.05, 0.1) is 0 Å². The topological polar surface area (TPSA) is 38.0 Å². The van der Waals surface area contributed by atoms with Gasteiger partial charge in [0.15, 0.2) is 0 Å². The van der Waals surface area contributed by atoms with Crippen LogP contribution in [0.5, 0.6) is 0 Å². The Morgan fingerprint density at radius 3 is 2.61 bits per heavy atom. The molecule has 0 radical (unpaired) electrons. The summed E-state index contributed by atoms with van der Waals surface area (Å²) in [7, 11) is 0. The van der Waals surface area contributed by atoms with Crippen LogP contribution in [0, 0.1) is 0 Å². The van der Waals surface area contributed by atoms with E-state index in [0.717, 1.165) is 24.0 Å². The number of nitrogens with one attached hydrogen (secondary N) is 1. The van der Waals surface area contributed by atoms with Crippen molar-refractivity contribution in [2.45, 2.75) is 44.8 Å². The van der Waals surface area contributed by atoms with Crippen LogP contribution >= 0.6 is 0 Å². The molecule has 0 aliphatic rings. The molecule has 0 amide bonds. The summed E-state index contributed by atoms with van der Waals surface area (Å²) in [5.74, 6) is 5.34. The van der Waals surface area contributed by atoms with E-state index in [2.05, 4.69) is 12.3 Å². The van der Waals surface area contributed by atoms with Crippen molar-refractivity contribution < 1.29 is 13.2 Å². The maximum absolute atomic E-state index is 12.2. The van der Waals surface area contributed by atoms with Crippen molar-refractivity contribution in [3.63, 3.8) is 0 Å². The number of hydrazine groups is 1. The third-order valence-corrected chi connectivity index (χ3v) is 2.81. The molecule has 0 saturated heterocycles. The molecule has 1 rings (SSSR count). The van der Waals surface area contributed by atoms with Crippen molar-refractivity contribution in [2.75, 3.05) is 0 Å². The summed E-state index contributed by atoms with van der Waals surface area (Å²) in [5.41, 5.74) is 4.40. The zero-order chi connectivity index (χ0) is 13.6. The highest BCUT2D eigenvalue weighted by Crippen LogP contribution is 2.27. The molecule has 0 aliphatic carbocycles. The highest BCUT2D eigenvalue weighted by Gasteiger charge is 2.28. The summed E-state index contributed by atoms with van der Waals surface area (Å²) in [4.78, 5) is 0. The number of nitrogens with two attached hydrogens (primary N) is 1. The van der Waals surface area contributed by atoms with Crippen LogP contribution in [0.25, 0.3) is 0 Å². The Kier molecular flexibility index (Phi) is 5.62. The van der Waals surface area contributed by atoms with Crippen LogP contribution in [0.3, 0.4) is 0 Å². The van der Waals surface area contributed by atoms with E-state index >= 15 is 0 Å². The van der Waals surface area contributed by atoms with Crippen LogP contribution in [-0.2, 0) is 6.42 Å². The quantitative estimate of drug-likeness (QED) is 0.607. The third-order valence-electron chi connectivity index (χ3n) is 2.81. The normalized spacial score (nSPS) is 13.6. The van der Waals surface area contributed by atoms with E-state index in [4.69, 9.17) is 5.84 Å². The van der Waals surface area contributed by atoms with Crippen LogP contribution in [0.1, 0.15) is 43.4 Å². The lowest BCUT2D eigenvalue weighted by atomic mass is 9.99. The zero-order valence-corrected chi connectivity index (χ0v) is 10.4. The van der Waals surface area contributed by atoms with E-state index in [0.29, 0.717) is 0 Å². The second-order valence-electron chi connectivity index (χ2n) is 4.37. The number of benzene rings is 1. The monoisotopic (exact) mass is 260 g/mol. The van der Waals surface area contributed by atoms with E-state index in [1.165, 1.54) is 0 Å². The summed E-state index contributed by atoms with van der Waals surface area (Å²) in [6, 6.07) is 7.11. The second-order valence-corrected chi connectivity index (χ2v) is 4.37. The van der Waals surface area contributed by atoms with Gasteiger partial charge in [-0.25, -0.2) is 0 Å². The van der Waals surface area contributed by atoms with Crippen LogP contribution in [-0.4, -0.2) is 6.18 Å². The smallest absolute Gasteiger partial charge is 0.271 e. The van der Waals surface area contributed by atoms with Crippen molar-refractivity contribution in [2.24, 2.45) is 5.84 Å². The van der Waals surface area contributed by atoms with Crippen molar-refractivity contribution in [3.05, 3.63) is 35.4 Å². The molecule has 0 aromatic heterocycles.